The number of likely N-dealkylation sites (tertiary alicyclic amines) is 1. The summed E-state index contributed by atoms with van der Waals surface area (Å²) >= 11 is 0. The van der Waals surface area contributed by atoms with E-state index >= 15 is 0 Å². The Morgan fingerprint density at radius 3 is 2.31 bits per heavy atom. The predicted molar refractivity (Wildman–Crippen MR) is 67.4 cm³/mol. The Kier molecular flexibility index (Phi) is 3.60. The normalized spacial score (nSPS) is 37.9. The van der Waals surface area contributed by atoms with Crippen molar-refractivity contribution in [3.8, 4) is 0 Å². The SMILES string of the molecule is CC(C)(C)C1CCN(C2CCCCC2O)C1. The summed E-state index contributed by atoms with van der Waals surface area (Å²) in [4.78, 5) is 2.56. The Morgan fingerprint density at radius 2 is 1.75 bits per heavy atom. The van der Waals surface area contributed by atoms with Gasteiger partial charge in [0.05, 0.1) is 6.10 Å². The lowest BCUT2D eigenvalue weighted by Gasteiger charge is -2.36. The molecule has 2 aliphatic rings. The molecule has 2 nitrogen and oxygen atoms in total. The number of hydrogen-bond acceptors (Lipinski definition) is 2. The maximum absolute atomic E-state index is 10.1. The van der Waals surface area contributed by atoms with E-state index in [1.807, 2.05) is 0 Å². The first-order valence-electron chi connectivity index (χ1n) is 6.90. The first kappa shape index (κ1) is 12.4. The van der Waals surface area contributed by atoms with Gasteiger partial charge in [-0.2, -0.15) is 0 Å². The molecular formula is C14H27NO. The average molecular weight is 225 g/mol. The summed E-state index contributed by atoms with van der Waals surface area (Å²) in [7, 11) is 0. The molecule has 0 radical (unpaired) electrons. The molecular weight excluding hydrogens is 198 g/mol. The highest BCUT2D eigenvalue weighted by molar-refractivity contribution is 4.91. The molecule has 1 aliphatic carbocycles. The quantitative estimate of drug-likeness (QED) is 0.741. The van der Waals surface area contributed by atoms with Gasteiger partial charge in [0.15, 0.2) is 0 Å². The fraction of sp³-hybridized carbons (Fsp3) is 1.00. The predicted octanol–water partition coefficient (Wildman–Crippen LogP) is 2.66. The lowest BCUT2D eigenvalue weighted by Crippen LogP contribution is -2.44. The van der Waals surface area contributed by atoms with E-state index in [0.29, 0.717) is 11.5 Å². The summed E-state index contributed by atoms with van der Waals surface area (Å²) in [5.74, 6) is 0.807. The van der Waals surface area contributed by atoms with Gasteiger partial charge in [0.25, 0.3) is 0 Å². The minimum absolute atomic E-state index is 0.0625. The summed E-state index contributed by atoms with van der Waals surface area (Å²) in [6.07, 6.45) is 5.99. The molecule has 0 spiro atoms. The molecule has 2 heteroatoms. The van der Waals surface area contributed by atoms with Crippen LogP contribution in [0.4, 0.5) is 0 Å². The van der Waals surface area contributed by atoms with Gasteiger partial charge < -0.3 is 5.11 Å². The zero-order valence-corrected chi connectivity index (χ0v) is 11.1. The molecule has 3 unspecified atom stereocenters. The fourth-order valence-corrected chi connectivity index (χ4v) is 3.31. The van der Waals surface area contributed by atoms with Gasteiger partial charge in [0.1, 0.15) is 0 Å². The number of aliphatic hydroxyl groups excluding tert-OH is 1. The van der Waals surface area contributed by atoms with E-state index in [4.69, 9.17) is 0 Å². The van der Waals surface area contributed by atoms with Crippen LogP contribution in [-0.2, 0) is 0 Å². The maximum Gasteiger partial charge on any atom is 0.0695 e. The van der Waals surface area contributed by atoms with Gasteiger partial charge in [0, 0.05) is 12.6 Å². The van der Waals surface area contributed by atoms with Crippen LogP contribution >= 0.6 is 0 Å². The topological polar surface area (TPSA) is 23.5 Å². The average Bonchev–Trinajstić information content (AvgIpc) is 2.66. The summed E-state index contributed by atoms with van der Waals surface area (Å²) in [6.45, 7) is 9.43. The minimum Gasteiger partial charge on any atom is -0.391 e. The zero-order valence-electron chi connectivity index (χ0n) is 11.1. The van der Waals surface area contributed by atoms with Gasteiger partial charge >= 0.3 is 0 Å². The van der Waals surface area contributed by atoms with Crippen molar-refractivity contribution in [1.29, 1.82) is 0 Å². The van der Waals surface area contributed by atoms with E-state index in [-0.39, 0.29) is 6.10 Å². The monoisotopic (exact) mass is 225 g/mol. The molecule has 94 valence electrons. The molecule has 1 heterocycles. The third kappa shape index (κ3) is 2.60. The standard InChI is InChI=1S/C14H27NO/c1-14(2,3)11-8-9-15(10-11)12-6-4-5-7-13(12)16/h11-13,16H,4-10H2,1-3H3. The van der Waals surface area contributed by atoms with E-state index in [1.54, 1.807) is 0 Å². The number of aliphatic hydroxyl groups is 1. The third-order valence-electron chi connectivity index (χ3n) is 4.61. The second-order valence-corrected chi connectivity index (χ2v) is 6.77. The van der Waals surface area contributed by atoms with Gasteiger partial charge in [-0.25, -0.2) is 0 Å². The van der Waals surface area contributed by atoms with Crippen LogP contribution in [-0.4, -0.2) is 35.2 Å². The highest BCUT2D eigenvalue weighted by Crippen LogP contribution is 2.36. The van der Waals surface area contributed by atoms with E-state index in [0.717, 1.165) is 12.3 Å². The lowest BCUT2D eigenvalue weighted by molar-refractivity contribution is 0.0267. The molecule has 0 amide bonds. The largest absolute Gasteiger partial charge is 0.391 e. The van der Waals surface area contributed by atoms with Crippen LogP contribution < -0.4 is 0 Å². The Hall–Kier alpha value is -0.0800. The van der Waals surface area contributed by atoms with Gasteiger partial charge in [-0.15, -0.1) is 0 Å². The highest BCUT2D eigenvalue weighted by Gasteiger charge is 2.37. The van der Waals surface area contributed by atoms with Gasteiger partial charge in [-0.05, 0) is 37.1 Å². The Balaban J connectivity index is 1.92. The molecule has 0 aromatic carbocycles. The van der Waals surface area contributed by atoms with Crippen molar-refractivity contribution in [2.24, 2.45) is 11.3 Å². The van der Waals surface area contributed by atoms with Crippen molar-refractivity contribution in [2.75, 3.05) is 13.1 Å². The van der Waals surface area contributed by atoms with E-state index in [2.05, 4.69) is 25.7 Å². The molecule has 3 atom stereocenters. The second-order valence-electron chi connectivity index (χ2n) is 6.77. The number of nitrogens with zero attached hydrogens (tertiary/aromatic N) is 1. The first-order valence-corrected chi connectivity index (χ1v) is 6.90. The summed E-state index contributed by atoms with van der Waals surface area (Å²) in [5.41, 5.74) is 0.425. The number of hydrogen-bond donors (Lipinski definition) is 1. The molecule has 0 bridgehead atoms. The van der Waals surface area contributed by atoms with Crippen molar-refractivity contribution < 1.29 is 5.11 Å². The Bertz CT molecular complexity index is 233. The second kappa shape index (κ2) is 4.66. The molecule has 1 aliphatic heterocycles. The summed E-state index contributed by atoms with van der Waals surface area (Å²) in [5, 5.41) is 10.1. The van der Waals surface area contributed by atoms with Crippen molar-refractivity contribution in [2.45, 2.75) is 65.0 Å². The Morgan fingerprint density at radius 1 is 1.06 bits per heavy atom. The van der Waals surface area contributed by atoms with Crippen LogP contribution in [0.5, 0.6) is 0 Å². The molecule has 1 saturated carbocycles. The molecule has 0 aromatic rings. The van der Waals surface area contributed by atoms with Crippen LogP contribution in [0.1, 0.15) is 52.9 Å². The maximum atomic E-state index is 10.1. The van der Waals surface area contributed by atoms with Crippen molar-refractivity contribution >= 4 is 0 Å². The van der Waals surface area contributed by atoms with Crippen LogP contribution in [0.2, 0.25) is 0 Å². The fourth-order valence-electron chi connectivity index (χ4n) is 3.31. The first-order chi connectivity index (χ1) is 7.48. The van der Waals surface area contributed by atoms with Gasteiger partial charge in [0.2, 0.25) is 0 Å². The van der Waals surface area contributed by atoms with E-state index in [1.165, 1.54) is 38.8 Å². The van der Waals surface area contributed by atoms with E-state index < -0.39 is 0 Å². The van der Waals surface area contributed by atoms with Gasteiger partial charge in [-0.1, -0.05) is 33.6 Å². The molecule has 0 aromatic heterocycles. The molecule has 1 N–H and O–H groups in total. The number of rotatable bonds is 1. The zero-order chi connectivity index (χ0) is 11.8. The van der Waals surface area contributed by atoms with Crippen LogP contribution in [0.15, 0.2) is 0 Å². The van der Waals surface area contributed by atoms with Crippen molar-refractivity contribution in [1.82, 2.24) is 4.90 Å². The molecule has 2 rings (SSSR count). The van der Waals surface area contributed by atoms with Crippen LogP contribution in [0.3, 0.4) is 0 Å². The summed E-state index contributed by atoms with van der Waals surface area (Å²) < 4.78 is 0. The molecule has 2 fully saturated rings. The smallest absolute Gasteiger partial charge is 0.0695 e. The Labute approximate surface area is 100 Å². The van der Waals surface area contributed by atoms with Crippen molar-refractivity contribution in [3.05, 3.63) is 0 Å². The van der Waals surface area contributed by atoms with Crippen molar-refractivity contribution in [3.63, 3.8) is 0 Å². The highest BCUT2D eigenvalue weighted by atomic mass is 16.3. The third-order valence-corrected chi connectivity index (χ3v) is 4.61. The van der Waals surface area contributed by atoms with Crippen LogP contribution in [0, 0.1) is 11.3 Å². The minimum atomic E-state index is -0.0625. The molecule has 16 heavy (non-hydrogen) atoms. The lowest BCUT2D eigenvalue weighted by atomic mass is 9.80. The van der Waals surface area contributed by atoms with Crippen LogP contribution in [0.25, 0.3) is 0 Å². The molecule has 1 saturated heterocycles. The van der Waals surface area contributed by atoms with E-state index in [9.17, 15) is 5.11 Å². The summed E-state index contributed by atoms with van der Waals surface area (Å²) in [6, 6.07) is 0.459. The van der Waals surface area contributed by atoms with Gasteiger partial charge in [-0.3, -0.25) is 4.90 Å².